The summed E-state index contributed by atoms with van der Waals surface area (Å²) in [5.74, 6) is -0.475. The van der Waals surface area contributed by atoms with Gasteiger partial charge in [-0.25, -0.2) is 0 Å². The molecule has 0 aliphatic heterocycles. The average Bonchev–Trinajstić information content (AvgIpc) is 2.81. The van der Waals surface area contributed by atoms with Crippen LogP contribution in [0.2, 0.25) is 5.02 Å². The molecule has 110 valence electrons. The minimum atomic E-state index is -0.327. The fourth-order valence-electron chi connectivity index (χ4n) is 1.86. The molecular weight excluding hydrogens is 292 g/mol. The average molecular weight is 307 g/mol. The number of aromatic nitrogens is 2. The van der Waals surface area contributed by atoms with E-state index in [2.05, 4.69) is 15.7 Å². The number of nitrogens with zero attached hydrogens (tertiary/aromatic N) is 2. The first kappa shape index (κ1) is 15.1. The Morgan fingerprint density at radius 1 is 1.19 bits per heavy atom. The molecule has 2 aromatic rings. The van der Waals surface area contributed by atoms with Crippen LogP contribution in [0.3, 0.4) is 0 Å². The van der Waals surface area contributed by atoms with E-state index in [0.29, 0.717) is 28.6 Å². The van der Waals surface area contributed by atoms with Crippen molar-refractivity contribution >= 4 is 34.8 Å². The molecule has 0 bridgehead atoms. The van der Waals surface area contributed by atoms with E-state index in [1.54, 1.807) is 24.3 Å². The van der Waals surface area contributed by atoms with Crippen LogP contribution in [0.4, 0.5) is 11.4 Å². The predicted molar refractivity (Wildman–Crippen MR) is 81.6 cm³/mol. The number of anilines is 2. The number of amides is 2. The lowest BCUT2D eigenvalue weighted by Gasteiger charge is -2.08. The standard InChI is InChI=1S/C14H15ClN4O2/c1-3-19-13(12(15)8-16-19)14(21)18-11-6-4-10(5-7-11)17-9(2)20/h4-8H,3H2,1-2H3,(H,17,20)(H,18,21). The molecule has 7 heteroatoms. The van der Waals surface area contributed by atoms with E-state index in [1.165, 1.54) is 17.8 Å². The SMILES string of the molecule is CCn1ncc(Cl)c1C(=O)Nc1ccc(NC(C)=O)cc1. The third-order valence-corrected chi connectivity index (χ3v) is 3.05. The highest BCUT2D eigenvalue weighted by Crippen LogP contribution is 2.18. The van der Waals surface area contributed by atoms with E-state index in [4.69, 9.17) is 11.6 Å². The Balaban J connectivity index is 2.12. The summed E-state index contributed by atoms with van der Waals surface area (Å²) in [6, 6.07) is 6.80. The summed E-state index contributed by atoms with van der Waals surface area (Å²) >= 11 is 5.98. The molecule has 0 aliphatic rings. The molecule has 6 nitrogen and oxygen atoms in total. The summed E-state index contributed by atoms with van der Waals surface area (Å²) in [5.41, 5.74) is 1.59. The van der Waals surface area contributed by atoms with Crippen LogP contribution in [-0.4, -0.2) is 21.6 Å². The molecule has 0 aliphatic carbocycles. The Morgan fingerprint density at radius 2 is 1.76 bits per heavy atom. The van der Waals surface area contributed by atoms with Crippen molar-refractivity contribution in [2.45, 2.75) is 20.4 Å². The number of hydrogen-bond acceptors (Lipinski definition) is 3. The molecule has 0 radical (unpaired) electrons. The molecular formula is C14H15ClN4O2. The van der Waals surface area contributed by atoms with Gasteiger partial charge in [0.2, 0.25) is 5.91 Å². The van der Waals surface area contributed by atoms with Crippen LogP contribution in [0.5, 0.6) is 0 Å². The third kappa shape index (κ3) is 3.61. The van der Waals surface area contributed by atoms with Gasteiger partial charge in [0.15, 0.2) is 0 Å². The van der Waals surface area contributed by atoms with E-state index >= 15 is 0 Å². The zero-order chi connectivity index (χ0) is 15.4. The molecule has 0 saturated heterocycles. The van der Waals surface area contributed by atoms with Crippen molar-refractivity contribution in [2.75, 3.05) is 10.6 Å². The quantitative estimate of drug-likeness (QED) is 0.912. The molecule has 1 aromatic heterocycles. The summed E-state index contributed by atoms with van der Waals surface area (Å²) in [6.07, 6.45) is 1.44. The lowest BCUT2D eigenvalue weighted by atomic mass is 10.2. The third-order valence-electron chi connectivity index (χ3n) is 2.77. The topological polar surface area (TPSA) is 76.0 Å². The van der Waals surface area contributed by atoms with Gasteiger partial charge in [0.1, 0.15) is 5.69 Å². The number of nitrogens with one attached hydrogen (secondary N) is 2. The number of rotatable bonds is 4. The summed E-state index contributed by atoms with van der Waals surface area (Å²) in [5, 5.41) is 9.73. The van der Waals surface area contributed by atoms with Crippen molar-refractivity contribution in [3.63, 3.8) is 0 Å². The highest BCUT2D eigenvalue weighted by molar-refractivity contribution is 6.34. The minimum absolute atomic E-state index is 0.148. The molecule has 2 amide bonds. The molecule has 0 spiro atoms. The number of halogens is 1. The summed E-state index contributed by atoms with van der Waals surface area (Å²) in [4.78, 5) is 23.1. The van der Waals surface area contributed by atoms with Crippen LogP contribution < -0.4 is 10.6 Å². The van der Waals surface area contributed by atoms with Crippen molar-refractivity contribution in [1.82, 2.24) is 9.78 Å². The van der Waals surface area contributed by atoms with Gasteiger partial charge in [0, 0.05) is 24.8 Å². The highest BCUT2D eigenvalue weighted by atomic mass is 35.5. The van der Waals surface area contributed by atoms with Gasteiger partial charge in [-0.05, 0) is 31.2 Å². The maximum absolute atomic E-state index is 12.2. The first-order chi connectivity index (χ1) is 10.0. The van der Waals surface area contributed by atoms with E-state index in [9.17, 15) is 9.59 Å². The van der Waals surface area contributed by atoms with Crippen LogP contribution in [0.1, 0.15) is 24.3 Å². The molecule has 1 heterocycles. The molecule has 2 N–H and O–H groups in total. The Bertz CT molecular complexity index is 664. The molecule has 0 saturated carbocycles. The number of carbonyl (C=O) groups is 2. The molecule has 1 aromatic carbocycles. The highest BCUT2D eigenvalue weighted by Gasteiger charge is 2.16. The van der Waals surface area contributed by atoms with Crippen LogP contribution in [0, 0.1) is 0 Å². The molecule has 0 atom stereocenters. The van der Waals surface area contributed by atoms with Gasteiger partial charge in [0.05, 0.1) is 11.2 Å². The Morgan fingerprint density at radius 3 is 2.29 bits per heavy atom. The first-order valence-corrected chi connectivity index (χ1v) is 6.79. The van der Waals surface area contributed by atoms with Gasteiger partial charge in [-0.2, -0.15) is 5.10 Å². The van der Waals surface area contributed by atoms with Crippen molar-refractivity contribution in [3.8, 4) is 0 Å². The Kier molecular flexibility index (Phi) is 4.59. The summed E-state index contributed by atoms with van der Waals surface area (Å²) < 4.78 is 1.53. The van der Waals surface area contributed by atoms with Gasteiger partial charge in [-0.15, -0.1) is 0 Å². The zero-order valence-corrected chi connectivity index (χ0v) is 12.4. The maximum Gasteiger partial charge on any atom is 0.275 e. The van der Waals surface area contributed by atoms with Gasteiger partial charge in [0.25, 0.3) is 5.91 Å². The summed E-state index contributed by atoms with van der Waals surface area (Å²) in [7, 11) is 0. The van der Waals surface area contributed by atoms with Crippen LogP contribution in [-0.2, 0) is 11.3 Å². The lowest BCUT2D eigenvalue weighted by Crippen LogP contribution is -2.17. The van der Waals surface area contributed by atoms with Crippen molar-refractivity contribution in [2.24, 2.45) is 0 Å². The van der Waals surface area contributed by atoms with Gasteiger partial charge >= 0.3 is 0 Å². The number of benzene rings is 1. The van der Waals surface area contributed by atoms with Crippen molar-refractivity contribution < 1.29 is 9.59 Å². The van der Waals surface area contributed by atoms with Crippen LogP contribution in [0.25, 0.3) is 0 Å². The number of hydrogen-bond donors (Lipinski definition) is 2. The second kappa shape index (κ2) is 6.41. The second-order valence-corrected chi connectivity index (χ2v) is 4.78. The monoisotopic (exact) mass is 306 g/mol. The number of aryl methyl sites for hydroxylation is 1. The molecule has 0 fully saturated rings. The molecule has 21 heavy (non-hydrogen) atoms. The van der Waals surface area contributed by atoms with Gasteiger partial charge in [-0.3, -0.25) is 14.3 Å². The second-order valence-electron chi connectivity index (χ2n) is 4.37. The fourth-order valence-corrected chi connectivity index (χ4v) is 2.09. The zero-order valence-electron chi connectivity index (χ0n) is 11.7. The number of carbonyl (C=O) groups excluding carboxylic acids is 2. The maximum atomic E-state index is 12.2. The summed E-state index contributed by atoms with van der Waals surface area (Å²) in [6.45, 7) is 3.86. The van der Waals surface area contributed by atoms with Gasteiger partial charge in [-0.1, -0.05) is 11.6 Å². The van der Waals surface area contributed by atoms with Crippen LogP contribution in [0.15, 0.2) is 30.5 Å². The fraction of sp³-hybridized carbons (Fsp3) is 0.214. The largest absolute Gasteiger partial charge is 0.326 e. The lowest BCUT2D eigenvalue weighted by molar-refractivity contribution is -0.114. The van der Waals surface area contributed by atoms with Crippen molar-refractivity contribution in [3.05, 3.63) is 41.2 Å². The molecule has 2 rings (SSSR count). The first-order valence-electron chi connectivity index (χ1n) is 6.41. The molecule has 0 unspecified atom stereocenters. The smallest absolute Gasteiger partial charge is 0.275 e. The van der Waals surface area contributed by atoms with Crippen molar-refractivity contribution in [1.29, 1.82) is 0 Å². The predicted octanol–water partition coefficient (Wildman–Crippen LogP) is 2.77. The Labute approximate surface area is 127 Å². The van der Waals surface area contributed by atoms with E-state index in [1.807, 2.05) is 6.92 Å². The van der Waals surface area contributed by atoms with Crippen LogP contribution >= 0.6 is 11.6 Å². The normalized spacial score (nSPS) is 10.2. The van der Waals surface area contributed by atoms with E-state index in [0.717, 1.165) is 0 Å². The minimum Gasteiger partial charge on any atom is -0.326 e. The Hall–Kier alpha value is -2.34. The van der Waals surface area contributed by atoms with E-state index in [-0.39, 0.29) is 11.8 Å². The van der Waals surface area contributed by atoms with Gasteiger partial charge < -0.3 is 10.6 Å². The van der Waals surface area contributed by atoms with E-state index < -0.39 is 0 Å².